The van der Waals surface area contributed by atoms with Gasteiger partial charge in [0.1, 0.15) is 5.75 Å². The zero-order valence-corrected chi connectivity index (χ0v) is 19.8. The monoisotopic (exact) mass is 453 g/mol. The largest absolute Gasteiger partial charge is 0.484 e. The van der Waals surface area contributed by atoms with E-state index in [9.17, 15) is 9.59 Å². The minimum atomic E-state index is -0.113. The molecule has 0 saturated heterocycles. The Morgan fingerprint density at radius 1 is 0.970 bits per heavy atom. The normalized spacial score (nSPS) is 17.5. The maximum Gasteiger partial charge on any atom is 0.276 e. The van der Waals surface area contributed by atoms with Crippen LogP contribution in [-0.2, 0) is 4.79 Å². The molecule has 0 unspecified atom stereocenters. The summed E-state index contributed by atoms with van der Waals surface area (Å²) in [5, 5.41) is 4.16. The van der Waals surface area contributed by atoms with Gasteiger partial charge in [0.2, 0.25) is 0 Å². The van der Waals surface area contributed by atoms with Gasteiger partial charge in [-0.1, -0.05) is 55.8 Å². The van der Waals surface area contributed by atoms with E-state index in [1.807, 2.05) is 12.1 Å². The van der Waals surface area contributed by atoms with Crippen LogP contribution < -0.4 is 4.74 Å². The molecule has 2 aliphatic carbocycles. The number of hydrogen-bond acceptors (Lipinski definition) is 5. The number of aromatic nitrogens is 1. The molecule has 1 heterocycles. The minimum absolute atomic E-state index is 0.00668. The molecular weight excluding hydrogens is 418 g/mol. The van der Waals surface area contributed by atoms with Crippen molar-refractivity contribution in [1.82, 2.24) is 15.0 Å². The number of hydrogen-bond donors (Lipinski definition) is 0. The van der Waals surface area contributed by atoms with Crippen LogP contribution in [0.5, 0.6) is 5.75 Å². The van der Waals surface area contributed by atoms with Crippen LogP contribution in [0.2, 0.25) is 0 Å². The first-order chi connectivity index (χ1) is 16.0. The lowest BCUT2D eigenvalue weighted by Crippen LogP contribution is -2.48. The third-order valence-corrected chi connectivity index (χ3v) is 6.88. The molecule has 2 aromatic rings. The van der Waals surface area contributed by atoms with Crippen molar-refractivity contribution >= 4 is 11.8 Å². The van der Waals surface area contributed by atoms with Crippen molar-refractivity contribution in [2.75, 3.05) is 20.7 Å². The predicted molar refractivity (Wildman–Crippen MR) is 126 cm³/mol. The zero-order chi connectivity index (χ0) is 23.2. The number of carbonyl (C=O) groups is 2. The third-order valence-electron chi connectivity index (χ3n) is 6.88. The van der Waals surface area contributed by atoms with Gasteiger partial charge >= 0.3 is 0 Å². The van der Waals surface area contributed by atoms with E-state index in [2.05, 4.69) is 10.1 Å². The van der Waals surface area contributed by atoms with Crippen molar-refractivity contribution in [2.24, 2.45) is 0 Å². The van der Waals surface area contributed by atoms with Gasteiger partial charge < -0.3 is 19.1 Å². The second kappa shape index (κ2) is 10.9. The van der Waals surface area contributed by atoms with Gasteiger partial charge in [-0.25, -0.2) is 0 Å². The number of rotatable bonds is 7. The Balaban J connectivity index is 1.50. The molecule has 2 fully saturated rings. The van der Waals surface area contributed by atoms with E-state index in [-0.39, 0.29) is 18.4 Å². The van der Waals surface area contributed by atoms with E-state index in [1.165, 1.54) is 43.4 Å². The molecule has 0 aliphatic heterocycles. The average Bonchev–Trinajstić information content (AvgIpc) is 3.35. The lowest BCUT2D eigenvalue weighted by atomic mass is 9.88. The summed E-state index contributed by atoms with van der Waals surface area (Å²) in [4.78, 5) is 29.1. The van der Waals surface area contributed by atoms with Crippen LogP contribution in [0.4, 0.5) is 0 Å². The highest BCUT2D eigenvalue weighted by Gasteiger charge is 2.34. The van der Waals surface area contributed by atoms with E-state index >= 15 is 0 Å². The fourth-order valence-electron chi connectivity index (χ4n) is 5.01. The molecular formula is C26H35N3O4. The second-order valence-electron chi connectivity index (χ2n) is 9.48. The molecule has 0 radical (unpaired) electrons. The van der Waals surface area contributed by atoms with Crippen LogP contribution in [0, 0.1) is 0 Å². The second-order valence-corrected chi connectivity index (χ2v) is 9.48. The number of carbonyl (C=O) groups excluding carboxylic acids is 2. The Labute approximate surface area is 196 Å². The predicted octanol–water partition coefficient (Wildman–Crippen LogP) is 4.92. The minimum Gasteiger partial charge on any atom is -0.484 e. The summed E-state index contributed by atoms with van der Waals surface area (Å²) in [6, 6.07) is 9.67. The van der Waals surface area contributed by atoms with E-state index in [0.29, 0.717) is 29.3 Å². The average molecular weight is 454 g/mol. The standard InChI is InChI=1S/C26H35N3O4/c1-28(2)25(30)18-32-22-15-9-10-19(16-22)24-17-23(27-33-24)26(31)29(20-11-5-3-6-12-20)21-13-7-4-8-14-21/h9-10,15-17,20-21H,3-8,11-14,18H2,1-2H3. The SMILES string of the molecule is CN(C)C(=O)COc1cccc(-c2cc(C(=O)N(C3CCCCC3)C3CCCCC3)no2)c1. The van der Waals surface area contributed by atoms with E-state index < -0.39 is 0 Å². The van der Waals surface area contributed by atoms with Crippen LogP contribution in [0.3, 0.4) is 0 Å². The molecule has 0 bridgehead atoms. The van der Waals surface area contributed by atoms with Crippen molar-refractivity contribution in [3.8, 4) is 17.1 Å². The molecule has 1 aromatic carbocycles. The molecule has 2 aliphatic rings. The molecule has 178 valence electrons. The molecule has 0 atom stereocenters. The van der Waals surface area contributed by atoms with Gasteiger partial charge in [-0.05, 0) is 37.8 Å². The van der Waals surface area contributed by atoms with Crippen LogP contribution in [-0.4, -0.2) is 59.6 Å². The van der Waals surface area contributed by atoms with E-state index in [1.54, 1.807) is 32.3 Å². The molecule has 0 N–H and O–H groups in total. The summed E-state index contributed by atoms with van der Waals surface area (Å²) >= 11 is 0. The van der Waals surface area contributed by atoms with Crippen molar-refractivity contribution in [2.45, 2.75) is 76.3 Å². The Morgan fingerprint density at radius 3 is 2.21 bits per heavy atom. The van der Waals surface area contributed by atoms with Gasteiger partial charge in [0.15, 0.2) is 18.1 Å². The highest BCUT2D eigenvalue weighted by Crippen LogP contribution is 2.32. The first-order valence-electron chi connectivity index (χ1n) is 12.3. The molecule has 1 aromatic heterocycles. The first-order valence-corrected chi connectivity index (χ1v) is 12.3. The highest BCUT2D eigenvalue weighted by molar-refractivity contribution is 5.93. The van der Waals surface area contributed by atoms with Gasteiger partial charge in [-0.15, -0.1) is 0 Å². The summed E-state index contributed by atoms with van der Waals surface area (Å²) < 4.78 is 11.2. The van der Waals surface area contributed by atoms with Crippen LogP contribution in [0.25, 0.3) is 11.3 Å². The lowest BCUT2D eigenvalue weighted by molar-refractivity contribution is -0.130. The van der Waals surface area contributed by atoms with Gasteiger partial charge in [-0.2, -0.15) is 0 Å². The summed E-state index contributed by atoms with van der Waals surface area (Å²) in [5.41, 5.74) is 1.13. The zero-order valence-electron chi connectivity index (χ0n) is 19.8. The highest BCUT2D eigenvalue weighted by atomic mass is 16.5. The van der Waals surface area contributed by atoms with Gasteiger partial charge in [0.05, 0.1) is 0 Å². The summed E-state index contributed by atoms with van der Waals surface area (Å²) in [7, 11) is 3.39. The molecule has 0 spiro atoms. The molecule has 7 heteroatoms. The molecule has 33 heavy (non-hydrogen) atoms. The van der Waals surface area contributed by atoms with Gasteiger partial charge in [-0.3, -0.25) is 9.59 Å². The third kappa shape index (κ3) is 5.75. The van der Waals surface area contributed by atoms with Gasteiger partial charge in [0, 0.05) is 37.8 Å². The van der Waals surface area contributed by atoms with Crippen LogP contribution in [0.1, 0.15) is 74.7 Å². The van der Waals surface area contributed by atoms with E-state index in [0.717, 1.165) is 31.2 Å². The molecule has 2 amide bonds. The topological polar surface area (TPSA) is 75.9 Å². The smallest absolute Gasteiger partial charge is 0.276 e. The van der Waals surface area contributed by atoms with Crippen LogP contribution >= 0.6 is 0 Å². The quantitative estimate of drug-likeness (QED) is 0.595. The van der Waals surface area contributed by atoms with Crippen molar-refractivity contribution < 1.29 is 18.8 Å². The van der Waals surface area contributed by atoms with E-state index in [4.69, 9.17) is 9.26 Å². The molecule has 2 saturated carbocycles. The number of benzene rings is 1. The maximum absolute atomic E-state index is 13.6. The Kier molecular flexibility index (Phi) is 7.68. The maximum atomic E-state index is 13.6. The van der Waals surface area contributed by atoms with Crippen molar-refractivity contribution in [3.05, 3.63) is 36.0 Å². The van der Waals surface area contributed by atoms with Gasteiger partial charge in [0.25, 0.3) is 11.8 Å². The molecule has 4 rings (SSSR count). The lowest BCUT2D eigenvalue weighted by Gasteiger charge is -2.41. The summed E-state index contributed by atoms with van der Waals surface area (Å²) in [6.07, 6.45) is 11.6. The Morgan fingerprint density at radius 2 is 1.61 bits per heavy atom. The molecule has 7 nitrogen and oxygen atoms in total. The Bertz CT molecular complexity index is 925. The van der Waals surface area contributed by atoms with Crippen molar-refractivity contribution in [3.63, 3.8) is 0 Å². The number of likely N-dealkylation sites (N-methyl/N-ethyl adjacent to an activating group) is 1. The number of amides is 2. The first kappa shape index (κ1) is 23.3. The Hall–Kier alpha value is -2.83. The fraction of sp³-hybridized carbons (Fsp3) is 0.577. The number of ether oxygens (including phenoxy) is 1. The summed E-state index contributed by atoms with van der Waals surface area (Å²) in [5.74, 6) is 0.972. The van der Waals surface area contributed by atoms with Crippen LogP contribution in [0.15, 0.2) is 34.9 Å². The fourth-order valence-corrected chi connectivity index (χ4v) is 5.01. The van der Waals surface area contributed by atoms with Crippen molar-refractivity contribution in [1.29, 1.82) is 0 Å². The number of nitrogens with zero attached hydrogens (tertiary/aromatic N) is 3. The summed E-state index contributed by atoms with van der Waals surface area (Å²) in [6.45, 7) is -0.0334.